The first-order chi connectivity index (χ1) is 10.2. The van der Waals surface area contributed by atoms with Crippen LogP contribution in [-0.4, -0.2) is 23.1 Å². The summed E-state index contributed by atoms with van der Waals surface area (Å²) in [7, 11) is 0. The lowest BCUT2D eigenvalue weighted by atomic mass is 9.94. The van der Waals surface area contributed by atoms with E-state index >= 15 is 0 Å². The van der Waals surface area contributed by atoms with Gasteiger partial charge in [0.05, 0.1) is 5.56 Å². The molecule has 0 amide bonds. The summed E-state index contributed by atoms with van der Waals surface area (Å²) in [5.41, 5.74) is 9.61. The molecule has 0 unspecified atom stereocenters. The predicted octanol–water partition coefficient (Wildman–Crippen LogP) is 3.22. The Morgan fingerprint density at radius 1 is 1.38 bits per heavy atom. The lowest BCUT2D eigenvalue weighted by Crippen LogP contribution is -2.31. The molecule has 2 aliphatic carbocycles. The van der Waals surface area contributed by atoms with Crippen molar-refractivity contribution in [3.63, 3.8) is 0 Å². The molecule has 3 rings (SSSR count). The molecule has 1 heterocycles. The van der Waals surface area contributed by atoms with E-state index in [9.17, 15) is 0 Å². The van der Waals surface area contributed by atoms with Gasteiger partial charge in [0.2, 0.25) is 0 Å². The van der Waals surface area contributed by atoms with Crippen LogP contribution in [0.2, 0.25) is 0 Å². The van der Waals surface area contributed by atoms with Crippen molar-refractivity contribution in [1.82, 2.24) is 4.98 Å². The second-order valence-corrected chi connectivity index (χ2v) is 6.87. The largest absolute Gasteiger partial charge is 0.389 e. The van der Waals surface area contributed by atoms with Gasteiger partial charge in [-0.05, 0) is 62.5 Å². The van der Waals surface area contributed by atoms with Crippen LogP contribution in [-0.2, 0) is 12.8 Å². The number of aryl methyl sites for hydroxylation is 2. The van der Waals surface area contributed by atoms with Crippen molar-refractivity contribution in [2.45, 2.75) is 51.9 Å². The van der Waals surface area contributed by atoms with E-state index in [1.54, 1.807) is 0 Å². The number of aromatic nitrogens is 1. The van der Waals surface area contributed by atoms with Gasteiger partial charge in [-0.2, -0.15) is 0 Å². The average molecular weight is 303 g/mol. The molecule has 0 saturated heterocycles. The van der Waals surface area contributed by atoms with Crippen LogP contribution in [0, 0.1) is 5.92 Å². The van der Waals surface area contributed by atoms with Gasteiger partial charge in [-0.15, -0.1) is 0 Å². The number of anilines is 1. The number of pyridine rings is 1. The fourth-order valence-electron chi connectivity index (χ4n) is 3.21. The monoisotopic (exact) mass is 303 g/mol. The van der Waals surface area contributed by atoms with Crippen molar-refractivity contribution in [1.29, 1.82) is 0 Å². The zero-order valence-electron chi connectivity index (χ0n) is 12.9. The van der Waals surface area contributed by atoms with Gasteiger partial charge in [0.15, 0.2) is 0 Å². The molecule has 0 spiro atoms. The van der Waals surface area contributed by atoms with E-state index in [0.29, 0.717) is 4.99 Å². The Balaban J connectivity index is 1.98. The van der Waals surface area contributed by atoms with Gasteiger partial charge in [0.1, 0.15) is 10.8 Å². The molecule has 21 heavy (non-hydrogen) atoms. The number of nitrogens with zero attached hydrogens (tertiary/aromatic N) is 2. The first kappa shape index (κ1) is 14.8. The van der Waals surface area contributed by atoms with E-state index in [1.165, 1.54) is 36.9 Å². The fraction of sp³-hybridized carbons (Fsp3) is 0.647. The van der Waals surface area contributed by atoms with Crippen LogP contribution in [0.15, 0.2) is 6.07 Å². The topological polar surface area (TPSA) is 42.2 Å². The maximum absolute atomic E-state index is 5.99. The van der Waals surface area contributed by atoms with Gasteiger partial charge in [0, 0.05) is 18.8 Å². The summed E-state index contributed by atoms with van der Waals surface area (Å²) >= 11 is 5.30. The third-order valence-electron chi connectivity index (χ3n) is 4.51. The molecule has 0 aromatic carbocycles. The summed E-state index contributed by atoms with van der Waals surface area (Å²) in [6.45, 7) is 4.37. The molecule has 3 nitrogen and oxygen atoms in total. The smallest absolute Gasteiger partial charge is 0.139 e. The Morgan fingerprint density at radius 2 is 2.14 bits per heavy atom. The average Bonchev–Trinajstić information content (AvgIpc) is 3.29. The number of thiocarbonyl (C=S) groups is 1. The molecular weight excluding hydrogens is 278 g/mol. The van der Waals surface area contributed by atoms with Crippen molar-refractivity contribution < 1.29 is 0 Å². The van der Waals surface area contributed by atoms with Crippen LogP contribution in [0.3, 0.4) is 0 Å². The van der Waals surface area contributed by atoms with Gasteiger partial charge in [-0.1, -0.05) is 19.1 Å². The van der Waals surface area contributed by atoms with E-state index in [0.717, 1.165) is 49.7 Å². The predicted molar refractivity (Wildman–Crippen MR) is 92.0 cm³/mol. The number of fused-ring (bicyclic) bond motifs is 1. The van der Waals surface area contributed by atoms with Crippen LogP contribution in [0.5, 0.6) is 0 Å². The Kier molecular flexibility index (Phi) is 4.43. The molecule has 0 aliphatic heterocycles. The normalized spacial score (nSPS) is 17.4. The molecule has 2 N–H and O–H groups in total. The molecular formula is C17H25N3S. The molecule has 1 fully saturated rings. The van der Waals surface area contributed by atoms with Crippen molar-refractivity contribution in [3.05, 3.63) is 22.9 Å². The molecule has 1 aromatic rings. The summed E-state index contributed by atoms with van der Waals surface area (Å²) in [4.78, 5) is 7.90. The number of rotatable bonds is 6. The van der Waals surface area contributed by atoms with Crippen molar-refractivity contribution in [3.8, 4) is 0 Å². The van der Waals surface area contributed by atoms with Crippen LogP contribution >= 0.6 is 12.2 Å². The van der Waals surface area contributed by atoms with E-state index in [4.69, 9.17) is 22.9 Å². The Hall–Kier alpha value is -1.16. The number of hydrogen-bond donors (Lipinski definition) is 1. The van der Waals surface area contributed by atoms with Crippen LogP contribution in [0.4, 0.5) is 5.82 Å². The third-order valence-corrected chi connectivity index (χ3v) is 4.73. The molecule has 1 saturated carbocycles. The summed E-state index contributed by atoms with van der Waals surface area (Å²) in [5.74, 6) is 1.88. The highest BCUT2D eigenvalue weighted by molar-refractivity contribution is 7.80. The van der Waals surface area contributed by atoms with Gasteiger partial charge >= 0.3 is 0 Å². The zero-order valence-corrected chi connectivity index (χ0v) is 13.7. The van der Waals surface area contributed by atoms with Crippen molar-refractivity contribution >= 4 is 23.0 Å². The van der Waals surface area contributed by atoms with Gasteiger partial charge < -0.3 is 10.6 Å². The van der Waals surface area contributed by atoms with E-state index in [1.807, 2.05) is 0 Å². The quantitative estimate of drug-likeness (QED) is 0.819. The fourth-order valence-corrected chi connectivity index (χ4v) is 3.36. The molecule has 4 heteroatoms. The second-order valence-electron chi connectivity index (χ2n) is 6.43. The summed E-state index contributed by atoms with van der Waals surface area (Å²) in [6, 6.07) is 2.22. The molecule has 0 radical (unpaired) electrons. The van der Waals surface area contributed by atoms with E-state index in [-0.39, 0.29) is 0 Å². The molecule has 114 valence electrons. The van der Waals surface area contributed by atoms with Gasteiger partial charge in [0.25, 0.3) is 0 Å². The van der Waals surface area contributed by atoms with Crippen LogP contribution < -0.4 is 10.6 Å². The van der Waals surface area contributed by atoms with Crippen LogP contribution in [0.1, 0.15) is 55.8 Å². The summed E-state index contributed by atoms with van der Waals surface area (Å²) in [5, 5.41) is 0. The van der Waals surface area contributed by atoms with Gasteiger partial charge in [-0.3, -0.25) is 0 Å². The lowest BCUT2D eigenvalue weighted by molar-refractivity contribution is 0.656. The number of nitrogens with two attached hydrogens (primary N) is 1. The minimum Gasteiger partial charge on any atom is -0.389 e. The molecule has 0 bridgehead atoms. The third kappa shape index (κ3) is 3.37. The van der Waals surface area contributed by atoms with E-state index in [2.05, 4.69) is 17.9 Å². The summed E-state index contributed by atoms with van der Waals surface area (Å²) in [6.07, 6.45) is 8.56. The van der Waals surface area contributed by atoms with E-state index < -0.39 is 0 Å². The van der Waals surface area contributed by atoms with Crippen molar-refractivity contribution in [2.24, 2.45) is 11.7 Å². The Labute approximate surface area is 132 Å². The maximum Gasteiger partial charge on any atom is 0.139 e. The second kappa shape index (κ2) is 6.30. The SMILES string of the molecule is CCCN(CC1CC1)c1nc2c(cc1C(N)=S)CCCC2. The highest BCUT2D eigenvalue weighted by Crippen LogP contribution is 2.33. The first-order valence-corrected chi connectivity index (χ1v) is 8.67. The minimum atomic E-state index is 0.489. The van der Waals surface area contributed by atoms with Crippen molar-refractivity contribution in [2.75, 3.05) is 18.0 Å². The molecule has 0 atom stereocenters. The minimum absolute atomic E-state index is 0.489. The lowest BCUT2D eigenvalue weighted by Gasteiger charge is -2.28. The van der Waals surface area contributed by atoms with Crippen LogP contribution in [0.25, 0.3) is 0 Å². The van der Waals surface area contributed by atoms with Gasteiger partial charge in [-0.25, -0.2) is 4.98 Å². The highest BCUT2D eigenvalue weighted by Gasteiger charge is 2.27. The highest BCUT2D eigenvalue weighted by atomic mass is 32.1. The molecule has 1 aromatic heterocycles. The maximum atomic E-state index is 5.99. The standard InChI is InChI=1S/C17H25N3S/c1-2-9-20(11-12-7-8-12)17-14(16(18)21)10-13-5-3-4-6-15(13)19-17/h10,12H,2-9,11H2,1H3,(H2,18,21). The Morgan fingerprint density at radius 3 is 2.81 bits per heavy atom. The number of hydrogen-bond acceptors (Lipinski definition) is 3. The zero-order chi connectivity index (χ0) is 14.8. The first-order valence-electron chi connectivity index (χ1n) is 8.26. The Bertz CT molecular complexity index is 537. The molecule has 2 aliphatic rings. The summed E-state index contributed by atoms with van der Waals surface area (Å²) < 4.78 is 0.